The summed E-state index contributed by atoms with van der Waals surface area (Å²) in [6.45, 7) is 6.94. The number of piperazine rings is 1. The van der Waals surface area contributed by atoms with Crippen molar-refractivity contribution in [3.8, 4) is 0 Å². The fourth-order valence-corrected chi connectivity index (χ4v) is 2.57. The summed E-state index contributed by atoms with van der Waals surface area (Å²) in [4.78, 5) is 13.7. The molecule has 19 heavy (non-hydrogen) atoms. The molecule has 1 aliphatic heterocycles. The zero-order valence-electron chi connectivity index (χ0n) is 12.3. The van der Waals surface area contributed by atoms with Crippen molar-refractivity contribution >= 4 is 0 Å². The fraction of sp³-hybridized carbons (Fsp3) is 0.714. The Kier molecular flexibility index (Phi) is 4.50. The van der Waals surface area contributed by atoms with Crippen LogP contribution in [0.3, 0.4) is 0 Å². The molecule has 1 unspecified atom stereocenters. The fourth-order valence-electron chi connectivity index (χ4n) is 2.57. The number of aryl methyl sites for hydroxylation is 1. The van der Waals surface area contributed by atoms with Gasteiger partial charge in [-0.1, -0.05) is 0 Å². The zero-order valence-corrected chi connectivity index (χ0v) is 12.3. The summed E-state index contributed by atoms with van der Waals surface area (Å²) in [5.74, 6) is 0.869. The molecule has 1 aliphatic rings. The molecule has 0 spiro atoms. The Morgan fingerprint density at radius 2 is 2.16 bits per heavy atom. The van der Waals surface area contributed by atoms with Crippen LogP contribution in [-0.2, 0) is 6.42 Å². The summed E-state index contributed by atoms with van der Waals surface area (Å²) in [7, 11) is 4.32. The molecular weight excluding hydrogens is 240 g/mol. The maximum Gasteiger partial charge on any atom is 0.130 e. The van der Waals surface area contributed by atoms with Gasteiger partial charge in [-0.15, -0.1) is 0 Å². The highest BCUT2D eigenvalue weighted by Crippen LogP contribution is 2.16. The molecule has 0 amide bonds. The summed E-state index contributed by atoms with van der Waals surface area (Å²) in [6, 6.07) is 0.468. The van der Waals surface area contributed by atoms with E-state index < -0.39 is 6.10 Å². The van der Waals surface area contributed by atoms with E-state index in [2.05, 4.69) is 33.9 Å². The molecule has 1 fully saturated rings. The standard InChI is InChI=1S/C14H24N4O/c1-10-13(11(2)19)8-15-14(16-10)7-12-9-17(3)5-6-18(12)4/h8,11-12,19H,5-7,9H2,1-4H3/t11-,12?/m1/s1. The molecule has 0 bridgehead atoms. The van der Waals surface area contributed by atoms with Crippen molar-refractivity contribution in [2.75, 3.05) is 33.7 Å². The van der Waals surface area contributed by atoms with Gasteiger partial charge in [0.2, 0.25) is 0 Å². The highest BCUT2D eigenvalue weighted by atomic mass is 16.3. The van der Waals surface area contributed by atoms with Crippen LogP contribution in [0.5, 0.6) is 0 Å². The molecule has 2 rings (SSSR count). The third-order valence-electron chi connectivity index (χ3n) is 3.92. The van der Waals surface area contributed by atoms with Gasteiger partial charge in [-0.05, 0) is 27.9 Å². The van der Waals surface area contributed by atoms with Gasteiger partial charge in [0, 0.05) is 49.6 Å². The van der Waals surface area contributed by atoms with Gasteiger partial charge in [-0.2, -0.15) is 0 Å². The third kappa shape index (κ3) is 3.49. The number of likely N-dealkylation sites (N-methyl/N-ethyl adjacent to an activating group) is 2. The van der Waals surface area contributed by atoms with Crippen LogP contribution in [0.4, 0.5) is 0 Å². The normalized spacial score (nSPS) is 23.5. The molecule has 0 saturated carbocycles. The summed E-state index contributed by atoms with van der Waals surface area (Å²) < 4.78 is 0. The van der Waals surface area contributed by atoms with Crippen LogP contribution in [0, 0.1) is 6.92 Å². The van der Waals surface area contributed by atoms with Gasteiger partial charge in [-0.3, -0.25) is 0 Å². The zero-order chi connectivity index (χ0) is 14.0. The van der Waals surface area contributed by atoms with Crippen molar-refractivity contribution < 1.29 is 5.11 Å². The SMILES string of the molecule is Cc1nc(CC2CN(C)CCN2C)ncc1[C@@H](C)O. The van der Waals surface area contributed by atoms with Crippen molar-refractivity contribution in [3.63, 3.8) is 0 Å². The van der Waals surface area contributed by atoms with Crippen molar-refractivity contribution in [2.45, 2.75) is 32.4 Å². The Bertz CT molecular complexity index is 435. The molecule has 5 heteroatoms. The number of rotatable bonds is 3. The molecule has 2 heterocycles. The number of aliphatic hydroxyl groups excluding tert-OH is 1. The first-order valence-electron chi connectivity index (χ1n) is 6.86. The van der Waals surface area contributed by atoms with E-state index in [1.165, 1.54) is 0 Å². The van der Waals surface area contributed by atoms with Crippen LogP contribution in [0.25, 0.3) is 0 Å². The van der Waals surface area contributed by atoms with Crippen LogP contribution in [0.1, 0.15) is 30.1 Å². The summed E-state index contributed by atoms with van der Waals surface area (Å²) in [5, 5.41) is 9.60. The minimum Gasteiger partial charge on any atom is -0.389 e. The molecule has 1 aromatic heterocycles. The Hall–Kier alpha value is -1.04. The lowest BCUT2D eigenvalue weighted by atomic mass is 10.1. The second-order valence-corrected chi connectivity index (χ2v) is 5.60. The van der Waals surface area contributed by atoms with Crippen molar-refractivity contribution in [1.29, 1.82) is 0 Å². The number of aromatic nitrogens is 2. The predicted octanol–water partition coefficient (Wildman–Crippen LogP) is 0.627. The van der Waals surface area contributed by atoms with E-state index in [1.807, 2.05) is 6.92 Å². The smallest absolute Gasteiger partial charge is 0.130 e. The van der Waals surface area contributed by atoms with Crippen molar-refractivity contribution in [1.82, 2.24) is 19.8 Å². The van der Waals surface area contributed by atoms with E-state index in [-0.39, 0.29) is 0 Å². The van der Waals surface area contributed by atoms with Crippen LogP contribution in [0.2, 0.25) is 0 Å². The lowest BCUT2D eigenvalue weighted by Crippen LogP contribution is -2.51. The van der Waals surface area contributed by atoms with E-state index in [1.54, 1.807) is 13.1 Å². The van der Waals surface area contributed by atoms with Gasteiger partial charge in [-0.25, -0.2) is 9.97 Å². The maximum absolute atomic E-state index is 9.60. The van der Waals surface area contributed by atoms with E-state index in [4.69, 9.17) is 0 Å². The van der Waals surface area contributed by atoms with Gasteiger partial charge in [0.15, 0.2) is 0 Å². The van der Waals surface area contributed by atoms with Crippen LogP contribution in [0.15, 0.2) is 6.20 Å². The first-order chi connectivity index (χ1) is 8.97. The number of aliphatic hydroxyl groups is 1. The second-order valence-electron chi connectivity index (χ2n) is 5.60. The first kappa shape index (κ1) is 14.4. The summed E-state index contributed by atoms with van der Waals surface area (Å²) in [5.41, 5.74) is 1.70. The minimum atomic E-state index is -0.502. The lowest BCUT2D eigenvalue weighted by molar-refractivity contribution is 0.113. The average Bonchev–Trinajstić information content (AvgIpc) is 2.33. The molecule has 1 N–H and O–H groups in total. The van der Waals surface area contributed by atoms with Crippen molar-refractivity contribution in [2.24, 2.45) is 0 Å². The molecule has 5 nitrogen and oxygen atoms in total. The van der Waals surface area contributed by atoms with Gasteiger partial charge >= 0.3 is 0 Å². The predicted molar refractivity (Wildman–Crippen MR) is 75.0 cm³/mol. The molecule has 2 atom stereocenters. The minimum absolute atomic E-state index is 0.468. The van der Waals surface area contributed by atoms with Crippen LogP contribution >= 0.6 is 0 Å². The molecule has 106 valence electrons. The van der Waals surface area contributed by atoms with E-state index >= 15 is 0 Å². The highest BCUT2D eigenvalue weighted by Gasteiger charge is 2.23. The molecular formula is C14H24N4O. The molecule has 1 aromatic rings. The maximum atomic E-state index is 9.60. The van der Waals surface area contributed by atoms with E-state index in [0.29, 0.717) is 6.04 Å². The lowest BCUT2D eigenvalue weighted by Gasteiger charge is -2.37. The topological polar surface area (TPSA) is 52.5 Å². The van der Waals surface area contributed by atoms with Gasteiger partial charge in [0.25, 0.3) is 0 Å². The second kappa shape index (κ2) is 5.94. The van der Waals surface area contributed by atoms with Crippen LogP contribution < -0.4 is 0 Å². The molecule has 1 saturated heterocycles. The Morgan fingerprint density at radius 1 is 1.42 bits per heavy atom. The van der Waals surface area contributed by atoms with Gasteiger partial charge in [0.1, 0.15) is 5.82 Å². The monoisotopic (exact) mass is 264 g/mol. The van der Waals surface area contributed by atoms with Gasteiger partial charge < -0.3 is 14.9 Å². The summed E-state index contributed by atoms with van der Waals surface area (Å²) in [6.07, 6.45) is 2.12. The average molecular weight is 264 g/mol. The van der Waals surface area contributed by atoms with Crippen molar-refractivity contribution in [3.05, 3.63) is 23.3 Å². The first-order valence-corrected chi connectivity index (χ1v) is 6.86. The van der Waals surface area contributed by atoms with Crippen LogP contribution in [-0.4, -0.2) is 64.6 Å². The number of hydrogen-bond acceptors (Lipinski definition) is 5. The highest BCUT2D eigenvalue weighted by molar-refractivity contribution is 5.18. The Labute approximate surface area is 115 Å². The largest absolute Gasteiger partial charge is 0.389 e. The van der Waals surface area contributed by atoms with E-state index in [0.717, 1.165) is 43.1 Å². The Morgan fingerprint density at radius 3 is 2.79 bits per heavy atom. The number of nitrogens with zero attached hydrogens (tertiary/aromatic N) is 4. The molecule has 0 aliphatic carbocycles. The Balaban J connectivity index is 2.08. The number of hydrogen-bond donors (Lipinski definition) is 1. The van der Waals surface area contributed by atoms with E-state index in [9.17, 15) is 5.11 Å². The molecule has 0 aromatic carbocycles. The quantitative estimate of drug-likeness (QED) is 0.867. The van der Waals surface area contributed by atoms with Gasteiger partial charge in [0.05, 0.1) is 6.10 Å². The third-order valence-corrected chi connectivity index (χ3v) is 3.92. The molecule has 0 radical (unpaired) electrons. The summed E-state index contributed by atoms with van der Waals surface area (Å²) >= 11 is 0.